The molecule has 6 rings (SSSR count). The zero-order chi connectivity index (χ0) is 28.7. The Morgan fingerprint density at radius 1 is 1.07 bits per heavy atom. The Morgan fingerprint density at radius 2 is 1.83 bits per heavy atom. The number of benzene rings is 2. The molecule has 2 unspecified atom stereocenters. The van der Waals surface area contributed by atoms with Crippen LogP contribution in [-0.4, -0.2) is 57.2 Å². The number of likely N-dealkylation sites (tertiary alicyclic amines) is 1. The van der Waals surface area contributed by atoms with Crippen LogP contribution >= 0.6 is 0 Å². The van der Waals surface area contributed by atoms with E-state index in [4.69, 9.17) is 9.72 Å². The van der Waals surface area contributed by atoms with Crippen molar-refractivity contribution in [2.45, 2.75) is 45.3 Å². The number of ether oxygens (including phenoxy) is 1. The van der Waals surface area contributed by atoms with Crippen LogP contribution in [0.3, 0.4) is 0 Å². The second-order valence-corrected chi connectivity index (χ2v) is 11.3. The molecule has 2 aromatic carbocycles. The minimum atomic E-state index is -0.770. The Kier molecular flexibility index (Phi) is 7.13. The fourth-order valence-corrected chi connectivity index (χ4v) is 5.68. The first-order valence-corrected chi connectivity index (χ1v) is 14.0. The lowest BCUT2D eigenvalue weighted by atomic mass is 9.87. The Hall–Kier alpha value is -4.37. The molecule has 4 aromatic rings. The molecule has 1 aliphatic carbocycles. The number of pyridine rings is 1. The maximum Gasteiger partial charge on any atom is 0.263 e. The number of hydrogen-bond donors (Lipinski definition) is 1. The normalized spacial score (nSPS) is 19.0. The van der Waals surface area contributed by atoms with E-state index in [1.54, 1.807) is 26.1 Å². The lowest BCUT2D eigenvalue weighted by Gasteiger charge is -2.26. The van der Waals surface area contributed by atoms with Crippen molar-refractivity contribution >= 4 is 34.2 Å². The number of nitrogens with zero attached hydrogens (tertiary/aromatic N) is 4. The maximum absolute atomic E-state index is 13.8. The summed E-state index contributed by atoms with van der Waals surface area (Å²) >= 11 is 0. The summed E-state index contributed by atoms with van der Waals surface area (Å²) in [5.41, 5.74) is 2.59. The van der Waals surface area contributed by atoms with Crippen molar-refractivity contribution in [2.75, 3.05) is 25.5 Å². The van der Waals surface area contributed by atoms with Gasteiger partial charge in [-0.25, -0.2) is 4.98 Å². The Labute approximate surface area is 238 Å². The SMILES string of the molecule is CC(C)C(=O)c1cc2cnc(Nc3ccc(OC4CCN(C)C4)cc3)nc2n(C2Cc3ccccc3CC2=O)c1=O. The van der Waals surface area contributed by atoms with Crippen molar-refractivity contribution in [3.05, 3.63) is 87.8 Å². The van der Waals surface area contributed by atoms with Crippen molar-refractivity contribution in [1.82, 2.24) is 19.4 Å². The first kappa shape index (κ1) is 26.8. The van der Waals surface area contributed by atoms with E-state index in [0.717, 1.165) is 42.1 Å². The van der Waals surface area contributed by atoms with Gasteiger partial charge in [-0.2, -0.15) is 4.98 Å². The van der Waals surface area contributed by atoms with Crippen LogP contribution in [0, 0.1) is 5.92 Å². The van der Waals surface area contributed by atoms with Crippen LogP contribution in [0.15, 0.2) is 65.6 Å². The molecule has 2 atom stereocenters. The molecule has 1 saturated heterocycles. The Balaban J connectivity index is 1.36. The van der Waals surface area contributed by atoms with Crippen molar-refractivity contribution in [2.24, 2.45) is 5.92 Å². The molecule has 9 heteroatoms. The fraction of sp³-hybridized carbons (Fsp3) is 0.344. The number of aromatic nitrogens is 3. The Bertz CT molecular complexity index is 1700. The monoisotopic (exact) mass is 551 g/mol. The van der Waals surface area contributed by atoms with Gasteiger partial charge in [0.1, 0.15) is 23.5 Å². The number of Topliss-reactive ketones (excluding diaryl/α,β-unsaturated/α-hetero) is 2. The maximum atomic E-state index is 13.8. The van der Waals surface area contributed by atoms with E-state index < -0.39 is 11.6 Å². The second kappa shape index (κ2) is 10.9. The van der Waals surface area contributed by atoms with Gasteiger partial charge in [0, 0.05) is 49.1 Å². The van der Waals surface area contributed by atoms with E-state index in [0.29, 0.717) is 17.5 Å². The van der Waals surface area contributed by atoms with Crippen LogP contribution in [0.2, 0.25) is 0 Å². The smallest absolute Gasteiger partial charge is 0.263 e. The van der Waals surface area contributed by atoms with Gasteiger partial charge in [-0.1, -0.05) is 38.1 Å². The van der Waals surface area contributed by atoms with Gasteiger partial charge in [-0.05, 0) is 54.9 Å². The summed E-state index contributed by atoms with van der Waals surface area (Å²) in [5, 5.41) is 3.73. The lowest BCUT2D eigenvalue weighted by Crippen LogP contribution is -2.38. The van der Waals surface area contributed by atoms with Gasteiger partial charge in [0.2, 0.25) is 5.95 Å². The average Bonchev–Trinajstić information content (AvgIpc) is 3.37. The summed E-state index contributed by atoms with van der Waals surface area (Å²) in [6.07, 6.45) is 3.35. The summed E-state index contributed by atoms with van der Waals surface area (Å²) in [6, 6.07) is 16.1. The van der Waals surface area contributed by atoms with E-state index >= 15 is 0 Å². The number of carbonyl (C=O) groups is 2. The first-order valence-electron chi connectivity index (χ1n) is 14.0. The molecule has 2 aromatic heterocycles. The summed E-state index contributed by atoms with van der Waals surface area (Å²) in [6.45, 7) is 5.45. The minimum absolute atomic E-state index is 0.0486. The van der Waals surface area contributed by atoms with Crippen molar-refractivity contribution in [1.29, 1.82) is 0 Å². The van der Waals surface area contributed by atoms with Crippen molar-refractivity contribution < 1.29 is 14.3 Å². The molecule has 1 fully saturated rings. The highest BCUT2D eigenvalue weighted by Crippen LogP contribution is 2.29. The van der Waals surface area contributed by atoms with Gasteiger partial charge in [0.15, 0.2) is 11.6 Å². The molecule has 0 bridgehead atoms. The summed E-state index contributed by atoms with van der Waals surface area (Å²) in [5.74, 6) is 0.340. The molecule has 0 saturated carbocycles. The highest BCUT2D eigenvalue weighted by molar-refractivity contribution is 6.00. The van der Waals surface area contributed by atoms with Gasteiger partial charge in [0.05, 0.1) is 5.56 Å². The zero-order valence-electron chi connectivity index (χ0n) is 23.5. The molecule has 210 valence electrons. The summed E-state index contributed by atoms with van der Waals surface area (Å²) < 4.78 is 7.50. The molecular weight excluding hydrogens is 518 g/mol. The third-order valence-electron chi connectivity index (χ3n) is 7.90. The van der Waals surface area contributed by atoms with Gasteiger partial charge < -0.3 is 15.0 Å². The van der Waals surface area contributed by atoms with E-state index in [2.05, 4.69) is 22.2 Å². The van der Waals surface area contributed by atoms with Crippen LogP contribution in [0.4, 0.5) is 11.6 Å². The standard InChI is InChI=1S/C32H33N5O4/c1-19(2)29(39)26-14-22-17-33-32(34-23-8-10-24(11-9-23)41-25-12-13-36(3)18-25)35-30(22)37(31(26)40)27-15-20-6-4-5-7-21(20)16-28(27)38/h4-11,14,17,19,25,27H,12-13,15-16,18H2,1-3H3,(H,33,34,35). The van der Waals surface area contributed by atoms with Gasteiger partial charge in [-0.3, -0.25) is 19.0 Å². The molecular formula is C32H33N5O4. The molecule has 1 N–H and O–H groups in total. The first-order chi connectivity index (χ1) is 19.8. The number of nitrogens with one attached hydrogen (secondary N) is 1. The molecule has 0 amide bonds. The fourth-order valence-electron chi connectivity index (χ4n) is 5.68. The number of ketones is 2. The molecule has 9 nitrogen and oxygen atoms in total. The molecule has 3 heterocycles. The van der Waals surface area contributed by atoms with E-state index in [1.165, 1.54) is 4.57 Å². The van der Waals surface area contributed by atoms with Crippen molar-refractivity contribution in [3.8, 4) is 5.75 Å². The number of carbonyl (C=O) groups excluding carboxylic acids is 2. The average molecular weight is 552 g/mol. The Morgan fingerprint density at radius 3 is 2.54 bits per heavy atom. The predicted molar refractivity (Wildman–Crippen MR) is 157 cm³/mol. The van der Waals surface area contributed by atoms with Gasteiger partial charge in [0.25, 0.3) is 5.56 Å². The van der Waals surface area contributed by atoms with Crippen LogP contribution < -0.4 is 15.6 Å². The summed E-state index contributed by atoms with van der Waals surface area (Å²) in [7, 11) is 2.09. The minimum Gasteiger partial charge on any atom is -0.489 e. The summed E-state index contributed by atoms with van der Waals surface area (Å²) in [4.78, 5) is 51.7. The number of rotatable bonds is 7. The third kappa shape index (κ3) is 5.37. The number of hydrogen-bond acceptors (Lipinski definition) is 8. The second-order valence-electron chi connectivity index (χ2n) is 11.3. The van der Waals surface area contributed by atoms with Crippen LogP contribution in [0.25, 0.3) is 11.0 Å². The number of anilines is 2. The molecule has 1 aliphatic heterocycles. The molecule has 2 aliphatic rings. The predicted octanol–water partition coefficient (Wildman–Crippen LogP) is 4.37. The highest BCUT2D eigenvalue weighted by atomic mass is 16.5. The zero-order valence-corrected chi connectivity index (χ0v) is 23.5. The van der Waals surface area contributed by atoms with Crippen LogP contribution in [0.1, 0.15) is 47.8 Å². The number of fused-ring (bicyclic) bond motifs is 2. The van der Waals surface area contributed by atoms with Gasteiger partial charge in [-0.15, -0.1) is 0 Å². The van der Waals surface area contributed by atoms with Crippen LogP contribution in [0.5, 0.6) is 5.75 Å². The van der Waals surface area contributed by atoms with E-state index in [9.17, 15) is 14.4 Å². The number of likely N-dealkylation sites (N-methyl/N-ethyl adjacent to an activating group) is 1. The topological polar surface area (TPSA) is 106 Å². The highest BCUT2D eigenvalue weighted by Gasteiger charge is 2.32. The van der Waals surface area contributed by atoms with Crippen LogP contribution in [-0.2, 0) is 17.6 Å². The quantitative estimate of drug-likeness (QED) is 0.338. The largest absolute Gasteiger partial charge is 0.489 e. The molecule has 0 radical (unpaired) electrons. The van der Waals surface area contributed by atoms with E-state index in [-0.39, 0.29) is 41.5 Å². The molecule has 41 heavy (non-hydrogen) atoms. The molecule has 0 spiro atoms. The van der Waals surface area contributed by atoms with Gasteiger partial charge >= 0.3 is 0 Å². The van der Waals surface area contributed by atoms with E-state index in [1.807, 2.05) is 48.5 Å². The van der Waals surface area contributed by atoms with Crippen molar-refractivity contribution in [3.63, 3.8) is 0 Å². The third-order valence-corrected chi connectivity index (χ3v) is 7.90. The lowest BCUT2D eigenvalue weighted by molar-refractivity contribution is -0.122.